The molecule has 9 heteroatoms. The minimum absolute atomic E-state index is 0.648. The van der Waals surface area contributed by atoms with Crippen molar-refractivity contribution in [3.63, 3.8) is 0 Å². The lowest BCUT2D eigenvalue weighted by molar-refractivity contribution is 0.415. The number of methoxy groups -OCH3 is 1. The second-order valence-electron chi connectivity index (χ2n) is 6.40. The normalized spacial score (nSPS) is 11.0. The minimum Gasteiger partial charge on any atom is -0.497 e. The van der Waals surface area contributed by atoms with Gasteiger partial charge in [-0.1, -0.05) is 27.3 Å². The third-order valence-corrected chi connectivity index (χ3v) is 5.91. The Labute approximate surface area is 184 Å². The van der Waals surface area contributed by atoms with E-state index in [0.717, 1.165) is 36.7 Å². The Kier molecular flexibility index (Phi) is 4.89. The van der Waals surface area contributed by atoms with E-state index in [1.54, 1.807) is 30.8 Å². The zero-order valence-corrected chi connectivity index (χ0v) is 18.2. The molecule has 3 aromatic heterocycles. The first-order valence-electron chi connectivity index (χ1n) is 9.04. The maximum Gasteiger partial charge on any atom is 0.203 e. The van der Waals surface area contributed by atoms with Crippen LogP contribution in [0.4, 0.5) is 5.13 Å². The largest absolute Gasteiger partial charge is 0.497 e. The number of hydrogen-bond donors (Lipinski definition) is 1. The number of ether oxygens (including phenoxy) is 1. The lowest BCUT2D eigenvalue weighted by atomic mass is 10.2. The van der Waals surface area contributed by atoms with Gasteiger partial charge in [0.1, 0.15) is 5.75 Å². The van der Waals surface area contributed by atoms with Gasteiger partial charge in [-0.3, -0.25) is 10.4 Å². The molecule has 0 aliphatic carbocycles. The third kappa shape index (κ3) is 3.53. The van der Waals surface area contributed by atoms with E-state index in [2.05, 4.69) is 42.6 Å². The minimum atomic E-state index is 0.648. The van der Waals surface area contributed by atoms with Crippen LogP contribution in [0, 0.1) is 0 Å². The zero-order chi connectivity index (χ0) is 20.5. The highest BCUT2D eigenvalue weighted by Crippen LogP contribution is 2.31. The molecule has 0 radical (unpaired) electrons. The summed E-state index contributed by atoms with van der Waals surface area (Å²) in [6, 6.07) is 17.5. The second kappa shape index (κ2) is 7.85. The van der Waals surface area contributed by atoms with Gasteiger partial charge in [0.2, 0.25) is 5.13 Å². The number of thiazole rings is 1. The summed E-state index contributed by atoms with van der Waals surface area (Å²) < 4.78 is 9.20. The molecule has 0 aliphatic heterocycles. The van der Waals surface area contributed by atoms with E-state index in [1.165, 1.54) is 0 Å². The standard InChI is InChI=1S/C21H15BrN6OS/c1-29-16-7-4-13(5-8-16)19-25-26-20(14-3-2-10-23-12-14)28(19)27-21-24-17-9-6-15(22)11-18(17)30-21/h2-12H,1H3,(H,24,27). The summed E-state index contributed by atoms with van der Waals surface area (Å²) in [4.78, 5) is 8.91. The van der Waals surface area contributed by atoms with Crippen molar-refractivity contribution in [2.45, 2.75) is 0 Å². The van der Waals surface area contributed by atoms with Crippen LogP contribution >= 0.6 is 27.3 Å². The number of hydrogen-bond acceptors (Lipinski definition) is 7. The van der Waals surface area contributed by atoms with Gasteiger partial charge in [-0.2, -0.15) is 0 Å². The van der Waals surface area contributed by atoms with Crippen LogP contribution in [-0.4, -0.2) is 32.0 Å². The lowest BCUT2D eigenvalue weighted by Gasteiger charge is -2.11. The number of pyridine rings is 1. The van der Waals surface area contributed by atoms with E-state index < -0.39 is 0 Å². The van der Waals surface area contributed by atoms with Gasteiger partial charge in [-0.25, -0.2) is 9.66 Å². The van der Waals surface area contributed by atoms with Crippen molar-refractivity contribution in [1.82, 2.24) is 24.8 Å². The van der Waals surface area contributed by atoms with Crippen LogP contribution in [0.3, 0.4) is 0 Å². The highest BCUT2D eigenvalue weighted by atomic mass is 79.9. The summed E-state index contributed by atoms with van der Waals surface area (Å²) in [6.07, 6.45) is 3.49. The number of halogens is 1. The molecule has 148 valence electrons. The quantitative estimate of drug-likeness (QED) is 0.371. The molecule has 2 aromatic carbocycles. The van der Waals surface area contributed by atoms with Gasteiger partial charge >= 0.3 is 0 Å². The highest BCUT2D eigenvalue weighted by molar-refractivity contribution is 9.10. The Morgan fingerprint density at radius 3 is 2.53 bits per heavy atom. The van der Waals surface area contributed by atoms with Crippen LogP contribution in [0.15, 0.2) is 71.5 Å². The molecule has 5 rings (SSSR count). The second-order valence-corrected chi connectivity index (χ2v) is 8.34. The summed E-state index contributed by atoms with van der Waals surface area (Å²) in [5.74, 6) is 2.09. The molecule has 0 bridgehead atoms. The molecule has 0 spiro atoms. The third-order valence-electron chi connectivity index (χ3n) is 4.49. The molecule has 7 nitrogen and oxygen atoms in total. The summed E-state index contributed by atoms with van der Waals surface area (Å²) in [6.45, 7) is 0. The van der Waals surface area contributed by atoms with E-state index in [0.29, 0.717) is 11.6 Å². The smallest absolute Gasteiger partial charge is 0.203 e. The van der Waals surface area contributed by atoms with Crippen molar-refractivity contribution in [2.24, 2.45) is 0 Å². The first kappa shape index (κ1) is 18.7. The topological polar surface area (TPSA) is 77.8 Å². The van der Waals surface area contributed by atoms with Crippen LogP contribution < -0.4 is 10.2 Å². The summed E-state index contributed by atoms with van der Waals surface area (Å²) >= 11 is 5.07. The van der Waals surface area contributed by atoms with Crippen molar-refractivity contribution in [3.05, 3.63) is 71.5 Å². The van der Waals surface area contributed by atoms with Gasteiger partial charge in [0.05, 0.1) is 17.3 Å². The predicted molar refractivity (Wildman–Crippen MR) is 122 cm³/mol. The number of benzene rings is 2. The molecule has 0 atom stereocenters. The van der Waals surface area contributed by atoms with E-state index in [4.69, 9.17) is 9.72 Å². The van der Waals surface area contributed by atoms with Crippen molar-refractivity contribution in [1.29, 1.82) is 0 Å². The number of anilines is 1. The number of aromatic nitrogens is 5. The predicted octanol–water partition coefficient (Wildman–Crippen LogP) is 5.26. The summed E-state index contributed by atoms with van der Waals surface area (Å²) in [7, 11) is 1.64. The SMILES string of the molecule is COc1ccc(-c2nnc(-c3cccnc3)n2Nc2nc3ccc(Br)cc3s2)cc1. The molecule has 5 aromatic rings. The van der Waals surface area contributed by atoms with E-state index in [9.17, 15) is 0 Å². The fourth-order valence-corrected chi connectivity index (χ4v) is 4.45. The van der Waals surface area contributed by atoms with Crippen LogP contribution in [0.25, 0.3) is 33.0 Å². The van der Waals surface area contributed by atoms with Gasteiger partial charge < -0.3 is 4.74 Å². The fraction of sp³-hybridized carbons (Fsp3) is 0.0476. The van der Waals surface area contributed by atoms with Gasteiger partial charge in [0, 0.05) is 28.0 Å². The highest BCUT2D eigenvalue weighted by Gasteiger charge is 2.17. The van der Waals surface area contributed by atoms with Gasteiger partial charge in [0.25, 0.3) is 0 Å². The van der Waals surface area contributed by atoms with Crippen molar-refractivity contribution in [3.8, 4) is 28.5 Å². The van der Waals surface area contributed by atoms with E-state index >= 15 is 0 Å². The number of nitrogens with zero attached hydrogens (tertiary/aromatic N) is 5. The van der Waals surface area contributed by atoms with Crippen LogP contribution in [0.2, 0.25) is 0 Å². The molecular weight excluding hydrogens is 464 g/mol. The van der Waals surface area contributed by atoms with E-state index in [-0.39, 0.29) is 0 Å². The maximum absolute atomic E-state index is 5.27. The Hall–Kier alpha value is -3.30. The number of rotatable bonds is 5. The van der Waals surface area contributed by atoms with Crippen molar-refractivity contribution < 1.29 is 4.74 Å². The van der Waals surface area contributed by atoms with E-state index in [1.807, 2.05) is 53.2 Å². The Morgan fingerprint density at radius 1 is 1.00 bits per heavy atom. The molecule has 3 heterocycles. The zero-order valence-electron chi connectivity index (χ0n) is 15.8. The van der Waals surface area contributed by atoms with Crippen molar-refractivity contribution >= 4 is 42.6 Å². The average molecular weight is 479 g/mol. The monoisotopic (exact) mass is 478 g/mol. The number of nitrogens with one attached hydrogen (secondary N) is 1. The molecule has 1 N–H and O–H groups in total. The first-order valence-corrected chi connectivity index (χ1v) is 10.7. The molecule has 30 heavy (non-hydrogen) atoms. The van der Waals surface area contributed by atoms with Crippen LogP contribution in [0.1, 0.15) is 0 Å². The van der Waals surface area contributed by atoms with Gasteiger partial charge in [0.15, 0.2) is 11.6 Å². The molecule has 0 saturated heterocycles. The maximum atomic E-state index is 5.27. The van der Waals surface area contributed by atoms with Gasteiger partial charge in [-0.05, 0) is 54.6 Å². The molecular formula is C21H15BrN6OS. The molecule has 0 amide bonds. The molecule has 0 fully saturated rings. The molecule has 0 aliphatic rings. The van der Waals surface area contributed by atoms with Crippen LogP contribution in [-0.2, 0) is 0 Å². The molecule has 0 unspecified atom stereocenters. The summed E-state index contributed by atoms with van der Waals surface area (Å²) in [5.41, 5.74) is 6.05. The summed E-state index contributed by atoms with van der Waals surface area (Å²) in [5, 5.41) is 9.59. The first-order chi connectivity index (χ1) is 14.7. The Bertz CT molecular complexity index is 1320. The Balaban J connectivity index is 1.62. The van der Waals surface area contributed by atoms with Gasteiger partial charge in [-0.15, -0.1) is 10.2 Å². The fourth-order valence-electron chi connectivity index (χ4n) is 3.04. The average Bonchev–Trinajstić information content (AvgIpc) is 3.38. The lowest BCUT2D eigenvalue weighted by Crippen LogP contribution is -2.12. The van der Waals surface area contributed by atoms with Crippen molar-refractivity contribution in [2.75, 3.05) is 12.5 Å². The molecule has 0 saturated carbocycles. The Morgan fingerprint density at radius 2 is 1.80 bits per heavy atom. The number of fused-ring (bicyclic) bond motifs is 1. The van der Waals surface area contributed by atoms with Crippen LogP contribution in [0.5, 0.6) is 5.75 Å².